The van der Waals surface area contributed by atoms with Gasteiger partial charge in [-0.3, -0.25) is 0 Å². The summed E-state index contributed by atoms with van der Waals surface area (Å²) in [4.78, 5) is 20.2. The normalized spacial score (nSPS) is 13.2. The molecular formula is C7H12O2. The van der Waals surface area contributed by atoms with Crippen LogP contribution in [0.3, 0.4) is 0 Å². The second-order valence-corrected chi connectivity index (χ2v) is 2.24. The van der Waals surface area contributed by atoms with Crippen LogP contribution in [0.25, 0.3) is 0 Å². The zero-order valence-electron chi connectivity index (χ0n) is 5.83. The predicted octanol–water partition coefficient (Wildman–Crippen LogP) is 1.05. The second kappa shape index (κ2) is 4.24. The standard InChI is InChI=1S/C7H12O2/c1-3-6(2)7(4-8)5-9/h4-7H,3H2,1-2H3. The third-order valence-corrected chi connectivity index (χ3v) is 1.62. The zero-order chi connectivity index (χ0) is 7.28. The first kappa shape index (κ1) is 8.34. The molecule has 52 valence electrons. The predicted molar refractivity (Wildman–Crippen MR) is 35.1 cm³/mol. The molecule has 0 aromatic carbocycles. The van der Waals surface area contributed by atoms with Crippen LogP contribution in [0, 0.1) is 11.8 Å². The number of hydrogen-bond donors (Lipinski definition) is 0. The molecule has 0 heterocycles. The molecule has 0 amide bonds. The van der Waals surface area contributed by atoms with Gasteiger partial charge in [-0.15, -0.1) is 0 Å². The zero-order valence-corrected chi connectivity index (χ0v) is 5.83. The van der Waals surface area contributed by atoms with E-state index in [1.807, 2.05) is 13.8 Å². The van der Waals surface area contributed by atoms with Crippen LogP contribution < -0.4 is 0 Å². The van der Waals surface area contributed by atoms with Crippen LogP contribution >= 0.6 is 0 Å². The van der Waals surface area contributed by atoms with E-state index in [4.69, 9.17) is 0 Å². The van der Waals surface area contributed by atoms with E-state index in [-0.39, 0.29) is 5.92 Å². The van der Waals surface area contributed by atoms with Gasteiger partial charge in [0.05, 0.1) is 5.92 Å². The Hall–Kier alpha value is -0.660. The van der Waals surface area contributed by atoms with Gasteiger partial charge in [-0.05, 0) is 5.92 Å². The molecule has 1 unspecified atom stereocenters. The summed E-state index contributed by atoms with van der Waals surface area (Å²) in [5.41, 5.74) is 0. The van der Waals surface area contributed by atoms with Crippen molar-refractivity contribution in [1.29, 1.82) is 0 Å². The number of aldehydes is 2. The maximum absolute atomic E-state index is 10.1. The van der Waals surface area contributed by atoms with Crippen molar-refractivity contribution in [3.05, 3.63) is 0 Å². The SMILES string of the molecule is CCC(C)C(C=O)C=O. The molecule has 1 atom stereocenters. The molecular weight excluding hydrogens is 116 g/mol. The highest BCUT2D eigenvalue weighted by molar-refractivity contribution is 5.77. The van der Waals surface area contributed by atoms with E-state index < -0.39 is 5.92 Å². The molecule has 0 aromatic heterocycles. The van der Waals surface area contributed by atoms with Gasteiger partial charge in [-0.25, -0.2) is 0 Å². The lowest BCUT2D eigenvalue weighted by Gasteiger charge is -2.08. The molecule has 0 saturated heterocycles. The average molecular weight is 128 g/mol. The van der Waals surface area contributed by atoms with Gasteiger partial charge in [0.1, 0.15) is 12.6 Å². The minimum Gasteiger partial charge on any atom is -0.303 e. The summed E-state index contributed by atoms with van der Waals surface area (Å²) in [6, 6.07) is 0. The van der Waals surface area contributed by atoms with Gasteiger partial charge in [0, 0.05) is 0 Å². The lowest BCUT2D eigenvalue weighted by molar-refractivity contribution is -0.121. The van der Waals surface area contributed by atoms with Gasteiger partial charge in [-0.1, -0.05) is 20.3 Å². The summed E-state index contributed by atoms with van der Waals surface area (Å²) in [6.07, 6.45) is 2.30. The van der Waals surface area contributed by atoms with Crippen molar-refractivity contribution in [2.45, 2.75) is 20.3 Å². The maximum atomic E-state index is 10.1. The van der Waals surface area contributed by atoms with Gasteiger partial charge in [0.15, 0.2) is 0 Å². The summed E-state index contributed by atoms with van der Waals surface area (Å²) in [7, 11) is 0. The fourth-order valence-corrected chi connectivity index (χ4v) is 0.572. The molecule has 0 fully saturated rings. The molecule has 0 aliphatic carbocycles. The smallest absolute Gasteiger partial charge is 0.130 e. The summed E-state index contributed by atoms with van der Waals surface area (Å²) in [5, 5.41) is 0. The lowest BCUT2D eigenvalue weighted by Crippen LogP contribution is -2.13. The largest absolute Gasteiger partial charge is 0.303 e. The molecule has 0 aliphatic heterocycles. The monoisotopic (exact) mass is 128 g/mol. The number of carbonyl (C=O) groups excluding carboxylic acids is 2. The van der Waals surface area contributed by atoms with Crippen LogP contribution in [0.15, 0.2) is 0 Å². The Morgan fingerprint density at radius 3 is 1.89 bits per heavy atom. The molecule has 0 bridgehead atoms. The van der Waals surface area contributed by atoms with E-state index in [2.05, 4.69) is 0 Å². The molecule has 0 aliphatic rings. The molecule has 0 radical (unpaired) electrons. The molecule has 0 aromatic rings. The minimum atomic E-state index is -0.394. The summed E-state index contributed by atoms with van der Waals surface area (Å²) in [6.45, 7) is 3.86. The van der Waals surface area contributed by atoms with Gasteiger partial charge in [-0.2, -0.15) is 0 Å². The lowest BCUT2D eigenvalue weighted by atomic mass is 9.95. The van der Waals surface area contributed by atoms with Crippen molar-refractivity contribution in [3.63, 3.8) is 0 Å². The Morgan fingerprint density at radius 2 is 1.78 bits per heavy atom. The van der Waals surface area contributed by atoms with E-state index in [1.54, 1.807) is 0 Å². The summed E-state index contributed by atoms with van der Waals surface area (Å²) in [5.74, 6) is -0.199. The number of hydrogen-bond acceptors (Lipinski definition) is 2. The van der Waals surface area contributed by atoms with Crippen LogP contribution in [0.1, 0.15) is 20.3 Å². The van der Waals surface area contributed by atoms with Crippen LogP contribution in [0.2, 0.25) is 0 Å². The molecule has 0 N–H and O–H groups in total. The molecule has 2 heteroatoms. The Bertz CT molecular complexity index is 91.1. The van der Waals surface area contributed by atoms with Gasteiger partial charge in [0.2, 0.25) is 0 Å². The molecule has 0 rings (SSSR count). The van der Waals surface area contributed by atoms with Crippen molar-refractivity contribution < 1.29 is 9.59 Å². The fraction of sp³-hybridized carbons (Fsp3) is 0.714. The van der Waals surface area contributed by atoms with Crippen LogP contribution in [-0.2, 0) is 9.59 Å². The summed E-state index contributed by atoms with van der Waals surface area (Å²) < 4.78 is 0. The van der Waals surface area contributed by atoms with Crippen LogP contribution in [0.4, 0.5) is 0 Å². The van der Waals surface area contributed by atoms with Crippen molar-refractivity contribution in [3.8, 4) is 0 Å². The van der Waals surface area contributed by atoms with E-state index in [0.29, 0.717) is 12.6 Å². The van der Waals surface area contributed by atoms with Gasteiger partial charge in [0.25, 0.3) is 0 Å². The third kappa shape index (κ3) is 2.40. The van der Waals surface area contributed by atoms with Crippen molar-refractivity contribution in [1.82, 2.24) is 0 Å². The molecule has 2 nitrogen and oxygen atoms in total. The quantitative estimate of drug-likeness (QED) is 0.419. The first-order valence-corrected chi connectivity index (χ1v) is 3.16. The van der Waals surface area contributed by atoms with Crippen LogP contribution in [0.5, 0.6) is 0 Å². The third-order valence-electron chi connectivity index (χ3n) is 1.62. The second-order valence-electron chi connectivity index (χ2n) is 2.24. The number of rotatable bonds is 4. The van der Waals surface area contributed by atoms with E-state index >= 15 is 0 Å². The van der Waals surface area contributed by atoms with E-state index in [9.17, 15) is 9.59 Å². The van der Waals surface area contributed by atoms with E-state index in [0.717, 1.165) is 6.42 Å². The first-order valence-electron chi connectivity index (χ1n) is 3.16. The highest BCUT2D eigenvalue weighted by Crippen LogP contribution is 2.09. The first-order chi connectivity index (χ1) is 4.26. The maximum Gasteiger partial charge on any atom is 0.130 e. The Kier molecular flexibility index (Phi) is 3.93. The van der Waals surface area contributed by atoms with Gasteiger partial charge >= 0.3 is 0 Å². The average Bonchev–Trinajstić information content (AvgIpc) is 1.90. The topological polar surface area (TPSA) is 34.1 Å². The van der Waals surface area contributed by atoms with E-state index in [1.165, 1.54) is 0 Å². The Morgan fingerprint density at radius 1 is 1.33 bits per heavy atom. The summed E-state index contributed by atoms with van der Waals surface area (Å²) >= 11 is 0. The number of carbonyl (C=O) groups is 2. The Balaban J connectivity index is 3.77. The molecule has 0 spiro atoms. The highest BCUT2D eigenvalue weighted by atomic mass is 16.1. The minimum absolute atomic E-state index is 0.194. The van der Waals surface area contributed by atoms with Crippen molar-refractivity contribution >= 4 is 12.6 Å². The molecule has 0 saturated carbocycles. The fourth-order valence-electron chi connectivity index (χ4n) is 0.572. The van der Waals surface area contributed by atoms with Gasteiger partial charge < -0.3 is 9.59 Å². The van der Waals surface area contributed by atoms with Crippen molar-refractivity contribution in [2.75, 3.05) is 0 Å². The highest BCUT2D eigenvalue weighted by Gasteiger charge is 2.12. The Labute approximate surface area is 55.3 Å². The van der Waals surface area contributed by atoms with Crippen LogP contribution in [-0.4, -0.2) is 12.6 Å². The van der Waals surface area contributed by atoms with Crippen molar-refractivity contribution in [2.24, 2.45) is 11.8 Å². The molecule has 9 heavy (non-hydrogen) atoms.